The summed E-state index contributed by atoms with van der Waals surface area (Å²) in [7, 11) is 1.10. The van der Waals surface area contributed by atoms with Gasteiger partial charge in [-0.2, -0.15) is 0 Å². The molecule has 24 heavy (non-hydrogen) atoms. The maximum Gasteiger partial charge on any atom is 0.343 e. The van der Waals surface area contributed by atoms with E-state index < -0.39 is 22.0 Å². The molecule has 0 unspecified atom stereocenters. The number of nitro groups is 1. The number of nitrogens with zero attached hydrogens (tertiary/aromatic N) is 2. The van der Waals surface area contributed by atoms with Gasteiger partial charge in [0.15, 0.2) is 0 Å². The van der Waals surface area contributed by atoms with E-state index in [1.165, 1.54) is 0 Å². The van der Waals surface area contributed by atoms with Crippen LogP contribution >= 0.6 is 15.9 Å². The number of hydrogen-bond acceptors (Lipinski definition) is 6. The maximum absolute atomic E-state index is 12.2. The molecule has 0 amide bonds. The Hall–Kier alpha value is -2.68. The van der Waals surface area contributed by atoms with Gasteiger partial charge in [0.1, 0.15) is 17.9 Å². The molecular weight excluding hydrogens is 384 g/mol. The van der Waals surface area contributed by atoms with Crippen LogP contribution in [0.2, 0.25) is 0 Å². The second-order valence-corrected chi connectivity index (χ2v) is 5.58. The maximum atomic E-state index is 12.2. The van der Waals surface area contributed by atoms with E-state index in [2.05, 4.69) is 20.7 Å². The van der Waals surface area contributed by atoms with Crippen LogP contribution in [0.3, 0.4) is 0 Å². The van der Waals surface area contributed by atoms with E-state index >= 15 is 0 Å². The average molecular weight is 397 g/mol. The average Bonchev–Trinajstić information content (AvgIpc) is 2.55. The number of aromatic nitrogens is 1. The number of esters is 1. The number of ether oxygens (including phenoxy) is 2. The van der Waals surface area contributed by atoms with Crippen LogP contribution in [-0.2, 0) is 11.3 Å². The van der Waals surface area contributed by atoms with Crippen LogP contribution in [0.1, 0.15) is 10.4 Å². The highest BCUT2D eigenvalue weighted by Crippen LogP contribution is 2.17. The quantitative estimate of drug-likeness (QED) is 0.422. The van der Waals surface area contributed by atoms with Crippen molar-refractivity contribution in [3.63, 3.8) is 0 Å². The molecule has 8 nitrogen and oxygen atoms in total. The molecule has 0 radical (unpaired) electrons. The lowest BCUT2D eigenvalue weighted by Gasteiger charge is -2.09. The van der Waals surface area contributed by atoms with Crippen molar-refractivity contribution in [3.8, 4) is 5.75 Å². The van der Waals surface area contributed by atoms with E-state index in [0.29, 0.717) is 5.75 Å². The molecule has 0 aliphatic heterocycles. The number of benzene rings is 1. The van der Waals surface area contributed by atoms with Crippen LogP contribution in [0.4, 0.5) is 5.69 Å². The molecule has 2 aromatic rings. The predicted molar refractivity (Wildman–Crippen MR) is 88.3 cm³/mol. The minimum atomic E-state index is -0.926. The standard InChI is InChI=1S/C15H13BrN2O6/c1-23-15(20)13-8-11(18(21)22)9-17(14(13)19)5-6-24-12-4-2-3-10(16)7-12/h2-4,7-9H,5-6H2,1H3. The van der Waals surface area contributed by atoms with Gasteiger partial charge in [-0.05, 0) is 18.2 Å². The highest BCUT2D eigenvalue weighted by atomic mass is 79.9. The molecule has 2 rings (SSSR count). The van der Waals surface area contributed by atoms with E-state index in [9.17, 15) is 19.7 Å². The van der Waals surface area contributed by atoms with Crippen molar-refractivity contribution in [2.45, 2.75) is 6.54 Å². The van der Waals surface area contributed by atoms with E-state index in [0.717, 1.165) is 28.4 Å². The fourth-order valence-electron chi connectivity index (χ4n) is 1.96. The van der Waals surface area contributed by atoms with E-state index in [1.54, 1.807) is 18.2 Å². The second kappa shape index (κ2) is 7.73. The lowest BCUT2D eigenvalue weighted by atomic mass is 10.2. The minimum absolute atomic E-state index is 0.0387. The van der Waals surface area contributed by atoms with Gasteiger partial charge in [0, 0.05) is 10.5 Å². The summed E-state index contributed by atoms with van der Waals surface area (Å²) in [6.07, 6.45) is 1.07. The molecule has 0 saturated heterocycles. The van der Waals surface area contributed by atoms with Gasteiger partial charge in [0.2, 0.25) is 0 Å². The van der Waals surface area contributed by atoms with E-state index in [-0.39, 0.29) is 18.8 Å². The molecule has 0 bridgehead atoms. The monoisotopic (exact) mass is 396 g/mol. The van der Waals surface area contributed by atoms with Crippen molar-refractivity contribution in [2.24, 2.45) is 0 Å². The molecule has 1 heterocycles. The zero-order valence-corrected chi connectivity index (χ0v) is 14.2. The molecule has 1 aromatic heterocycles. The second-order valence-electron chi connectivity index (χ2n) is 4.67. The number of rotatable bonds is 6. The number of carbonyl (C=O) groups excluding carboxylic acids is 1. The Bertz CT molecular complexity index is 833. The lowest BCUT2D eigenvalue weighted by Crippen LogP contribution is -2.28. The Morgan fingerprint density at radius 1 is 1.38 bits per heavy atom. The minimum Gasteiger partial charge on any atom is -0.492 e. The zero-order chi connectivity index (χ0) is 17.7. The van der Waals surface area contributed by atoms with Crippen LogP contribution in [0.25, 0.3) is 0 Å². The largest absolute Gasteiger partial charge is 0.492 e. The predicted octanol–water partition coefficient (Wildman–Crippen LogP) is 2.38. The summed E-state index contributed by atoms with van der Waals surface area (Å²) in [6, 6.07) is 8.01. The normalized spacial score (nSPS) is 10.2. The third-order valence-corrected chi connectivity index (χ3v) is 3.58. The molecule has 0 atom stereocenters. The van der Waals surface area contributed by atoms with Crippen LogP contribution < -0.4 is 10.3 Å². The Labute approximate surface area is 144 Å². The summed E-state index contributed by atoms with van der Waals surface area (Å²) in [5, 5.41) is 11.0. The van der Waals surface area contributed by atoms with Crippen molar-refractivity contribution in [3.05, 3.63) is 67.0 Å². The first kappa shape index (κ1) is 17.7. The van der Waals surface area contributed by atoms with Gasteiger partial charge in [-0.1, -0.05) is 22.0 Å². The number of halogens is 1. The molecule has 0 aliphatic rings. The molecule has 0 saturated carbocycles. The van der Waals surface area contributed by atoms with Gasteiger partial charge in [-0.25, -0.2) is 4.79 Å². The third kappa shape index (κ3) is 4.19. The van der Waals surface area contributed by atoms with Crippen molar-refractivity contribution in [1.82, 2.24) is 4.57 Å². The highest BCUT2D eigenvalue weighted by molar-refractivity contribution is 9.10. The summed E-state index contributed by atoms with van der Waals surface area (Å²) >= 11 is 3.31. The van der Waals surface area contributed by atoms with Crippen LogP contribution in [0, 0.1) is 10.1 Å². The van der Waals surface area contributed by atoms with Crippen LogP contribution in [0.15, 0.2) is 45.8 Å². The molecule has 0 fully saturated rings. The first-order chi connectivity index (χ1) is 11.4. The van der Waals surface area contributed by atoms with Crippen LogP contribution in [0.5, 0.6) is 5.75 Å². The smallest absolute Gasteiger partial charge is 0.343 e. The Balaban J connectivity index is 2.22. The van der Waals surface area contributed by atoms with Crippen molar-refractivity contribution >= 4 is 27.6 Å². The van der Waals surface area contributed by atoms with E-state index in [1.807, 2.05) is 6.07 Å². The molecule has 1 aromatic carbocycles. The van der Waals surface area contributed by atoms with Crippen molar-refractivity contribution in [1.29, 1.82) is 0 Å². The highest BCUT2D eigenvalue weighted by Gasteiger charge is 2.19. The molecule has 0 N–H and O–H groups in total. The molecule has 126 valence electrons. The first-order valence-electron chi connectivity index (χ1n) is 6.78. The zero-order valence-electron chi connectivity index (χ0n) is 12.6. The van der Waals surface area contributed by atoms with Gasteiger partial charge in [0.05, 0.1) is 24.8 Å². The SMILES string of the molecule is COC(=O)c1cc([N+](=O)[O-])cn(CCOc2cccc(Br)c2)c1=O. The van der Waals surface area contributed by atoms with Gasteiger partial charge in [-0.3, -0.25) is 14.9 Å². The third-order valence-electron chi connectivity index (χ3n) is 3.08. The van der Waals surface area contributed by atoms with E-state index in [4.69, 9.17) is 4.74 Å². The Kier molecular flexibility index (Phi) is 5.69. The number of hydrogen-bond donors (Lipinski definition) is 0. The molecule has 9 heteroatoms. The first-order valence-corrected chi connectivity index (χ1v) is 7.57. The van der Waals surface area contributed by atoms with Gasteiger partial charge >= 0.3 is 5.97 Å². The summed E-state index contributed by atoms with van der Waals surface area (Å²) in [5.74, 6) is -0.346. The number of methoxy groups -OCH3 is 1. The van der Waals surface area contributed by atoms with Crippen LogP contribution in [-0.4, -0.2) is 29.2 Å². The van der Waals surface area contributed by atoms with Gasteiger partial charge in [0.25, 0.3) is 11.2 Å². The molecular formula is C15H13BrN2O6. The van der Waals surface area contributed by atoms with Gasteiger partial charge in [-0.15, -0.1) is 0 Å². The molecule has 0 spiro atoms. The fraction of sp³-hybridized carbons (Fsp3) is 0.200. The number of carbonyl (C=O) groups is 1. The summed E-state index contributed by atoms with van der Waals surface area (Å²) in [4.78, 5) is 34.1. The van der Waals surface area contributed by atoms with Crippen molar-refractivity contribution < 1.29 is 19.2 Å². The Morgan fingerprint density at radius 3 is 2.75 bits per heavy atom. The summed E-state index contributed by atoms with van der Waals surface area (Å²) in [6.45, 7) is 0.134. The number of pyridine rings is 1. The fourth-order valence-corrected chi connectivity index (χ4v) is 2.34. The van der Waals surface area contributed by atoms with Gasteiger partial charge < -0.3 is 14.0 Å². The summed E-state index contributed by atoms with van der Waals surface area (Å²) in [5.41, 5.74) is -1.45. The summed E-state index contributed by atoms with van der Waals surface area (Å²) < 4.78 is 11.9. The topological polar surface area (TPSA) is 101 Å². The lowest BCUT2D eigenvalue weighted by molar-refractivity contribution is -0.385. The Morgan fingerprint density at radius 2 is 2.12 bits per heavy atom. The molecule has 0 aliphatic carbocycles. The van der Waals surface area contributed by atoms with Crippen molar-refractivity contribution in [2.75, 3.05) is 13.7 Å².